The number of amides is 1. The number of carbonyl (C=O) groups excluding carboxylic acids is 1. The standard InChI is InChI=1S/C24H28N2O4/c1-16(22-13-17-7-4-5-9-21(17)30-22)25-24(27)15-26-12-6-8-20(26)19-11-10-18(28-2)14-23(19)29-3/h4-5,7,9-11,13-14,16,20H,6,8,12,15H2,1-3H3,(H,25,27)/p+1/t16-,20+/m0/s1. The third-order valence-electron chi connectivity index (χ3n) is 5.94. The van der Waals surface area contributed by atoms with Gasteiger partial charge in [-0.05, 0) is 31.2 Å². The Morgan fingerprint density at radius 2 is 2.03 bits per heavy atom. The van der Waals surface area contributed by atoms with E-state index in [9.17, 15) is 4.79 Å². The average molecular weight is 410 g/mol. The minimum atomic E-state index is -0.180. The second-order valence-electron chi connectivity index (χ2n) is 7.86. The van der Waals surface area contributed by atoms with Gasteiger partial charge in [-0.25, -0.2) is 0 Å². The van der Waals surface area contributed by atoms with Gasteiger partial charge in [0, 0.05) is 24.3 Å². The number of nitrogens with one attached hydrogen (secondary N) is 2. The maximum atomic E-state index is 12.8. The summed E-state index contributed by atoms with van der Waals surface area (Å²) in [5, 5.41) is 4.14. The van der Waals surface area contributed by atoms with E-state index in [1.54, 1.807) is 14.2 Å². The molecule has 0 aliphatic carbocycles. The van der Waals surface area contributed by atoms with Crippen molar-refractivity contribution >= 4 is 16.9 Å². The summed E-state index contributed by atoms with van der Waals surface area (Å²) in [6.45, 7) is 3.34. The highest BCUT2D eigenvalue weighted by atomic mass is 16.5. The Hall–Kier alpha value is -2.99. The summed E-state index contributed by atoms with van der Waals surface area (Å²) in [6.07, 6.45) is 2.12. The summed E-state index contributed by atoms with van der Waals surface area (Å²) in [7, 11) is 3.32. The van der Waals surface area contributed by atoms with Gasteiger partial charge in [-0.3, -0.25) is 4.79 Å². The first kappa shape index (κ1) is 20.3. The highest BCUT2D eigenvalue weighted by Gasteiger charge is 2.34. The summed E-state index contributed by atoms with van der Waals surface area (Å²) < 4.78 is 16.8. The van der Waals surface area contributed by atoms with Crippen LogP contribution in [0.3, 0.4) is 0 Å². The Labute approximate surface area is 176 Å². The summed E-state index contributed by atoms with van der Waals surface area (Å²) in [5.74, 6) is 2.38. The number of carbonyl (C=O) groups is 1. The topological polar surface area (TPSA) is 65.1 Å². The molecule has 1 aromatic heterocycles. The molecular formula is C24H29N2O4+. The third-order valence-corrected chi connectivity index (χ3v) is 5.94. The van der Waals surface area contributed by atoms with Crippen molar-refractivity contribution in [3.05, 3.63) is 59.9 Å². The number of fused-ring (bicyclic) bond motifs is 1. The molecule has 6 nitrogen and oxygen atoms in total. The maximum absolute atomic E-state index is 12.8. The van der Waals surface area contributed by atoms with Crippen LogP contribution in [-0.4, -0.2) is 33.2 Å². The Bertz CT molecular complexity index is 996. The summed E-state index contributed by atoms with van der Waals surface area (Å²) in [4.78, 5) is 14.1. The van der Waals surface area contributed by atoms with Gasteiger partial charge in [0.1, 0.15) is 28.9 Å². The minimum absolute atomic E-state index is 0.0253. The molecule has 3 aromatic rings. The van der Waals surface area contributed by atoms with Gasteiger partial charge in [-0.2, -0.15) is 0 Å². The molecule has 2 aromatic carbocycles. The number of ether oxygens (including phenoxy) is 2. The van der Waals surface area contributed by atoms with Gasteiger partial charge in [-0.1, -0.05) is 18.2 Å². The van der Waals surface area contributed by atoms with Crippen molar-refractivity contribution in [2.75, 3.05) is 27.3 Å². The molecule has 1 unspecified atom stereocenters. The molecule has 0 spiro atoms. The number of hydrogen-bond donors (Lipinski definition) is 2. The smallest absolute Gasteiger partial charge is 0.275 e. The fourth-order valence-electron chi connectivity index (χ4n) is 4.39. The molecule has 158 valence electrons. The molecule has 1 amide bonds. The van der Waals surface area contributed by atoms with E-state index in [1.165, 1.54) is 4.90 Å². The predicted octanol–water partition coefficient (Wildman–Crippen LogP) is 3.05. The molecule has 1 saturated heterocycles. The Morgan fingerprint density at radius 3 is 2.80 bits per heavy atom. The number of hydrogen-bond acceptors (Lipinski definition) is 4. The number of rotatable bonds is 7. The van der Waals surface area contributed by atoms with Gasteiger partial charge in [0.2, 0.25) is 0 Å². The van der Waals surface area contributed by atoms with Gasteiger partial charge in [0.15, 0.2) is 6.54 Å². The van der Waals surface area contributed by atoms with E-state index in [4.69, 9.17) is 13.9 Å². The Kier molecular flexibility index (Phi) is 5.95. The van der Waals surface area contributed by atoms with Crippen molar-refractivity contribution in [1.82, 2.24) is 5.32 Å². The van der Waals surface area contributed by atoms with Crippen molar-refractivity contribution in [3.8, 4) is 11.5 Å². The summed E-state index contributed by atoms with van der Waals surface area (Å²) >= 11 is 0. The number of quaternary nitrogens is 1. The van der Waals surface area contributed by atoms with E-state index in [0.717, 1.165) is 53.2 Å². The van der Waals surface area contributed by atoms with Crippen LogP contribution in [0.4, 0.5) is 0 Å². The molecule has 3 atom stereocenters. The van der Waals surface area contributed by atoms with Crippen LogP contribution < -0.4 is 19.7 Å². The monoisotopic (exact) mass is 409 g/mol. The number of benzene rings is 2. The van der Waals surface area contributed by atoms with Gasteiger partial charge in [0.05, 0.1) is 32.4 Å². The molecule has 2 N–H and O–H groups in total. The van der Waals surface area contributed by atoms with Crippen LogP contribution >= 0.6 is 0 Å². The van der Waals surface area contributed by atoms with E-state index in [2.05, 4.69) is 11.4 Å². The molecule has 30 heavy (non-hydrogen) atoms. The lowest BCUT2D eigenvalue weighted by molar-refractivity contribution is -0.910. The summed E-state index contributed by atoms with van der Waals surface area (Å²) in [5.41, 5.74) is 1.97. The maximum Gasteiger partial charge on any atom is 0.275 e. The molecule has 0 bridgehead atoms. The van der Waals surface area contributed by atoms with Crippen LogP contribution in [0.1, 0.15) is 43.2 Å². The van der Waals surface area contributed by atoms with Crippen molar-refractivity contribution in [1.29, 1.82) is 0 Å². The molecule has 1 aliphatic heterocycles. The second kappa shape index (κ2) is 8.79. The Balaban J connectivity index is 1.43. The van der Waals surface area contributed by atoms with Gasteiger partial charge < -0.3 is 24.1 Å². The zero-order valence-electron chi connectivity index (χ0n) is 17.7. The number of methoxy groups -OCH3 is 2. The highest BCUT2D eigenvalue weighted by Crippen LogP contribution is 2.31. The zero-order chi connectivity index (χ0) is 21.1. The first-order chi connectivity index (χ1) is 14.6. The largest absolute Gasteiger partial charge is 0.497 e. The van der Waals surface area contributed by atoms with E-state index < -0.39 is 0 Å². The fourth-order valence-corrected chi connectivity index (χ4v) is 4.39. The fraction of sp³-hybridized carbons (Fsp3) is 0.375. The first-order valence-corrected chi connectivity index (χ1v) is 10.4. The van der Waals surface area contributed by atoms with Crippen molar-refractivity contribution in [2.45, 2.75) is 31.8 Å². The van der Waals surface area contributed by atoms with Gasteiger partial charge in [0.25, 0.3) is 5.91 Å². The van der Waals surface area contributed by atoms with Crippen molar-refractivity contribution in [3.63, 3.8) is 0 Å². The molecule has 1 fully saturated rings. The number of para-hydroxylation sites is 1. The molecule has 0 saturated carbocycles. The van der Waals surface area contributed by atoms with Crippen molar-refractivity contribution < 1.29 is 23.6 Å². The van der Waals surface area contributed by atoms with Crippen LogP contribution in [-0.2, 0) is 4.79 Å². The lowest BCUT2D eigenvalue weighted by Gasteiger charge is -2.23. The normalized spacial score (nSPS) is 19.6. The molecule has 0 radical (unpaired) electrons. The first-order valence-electron chi connectivity index (χ1n) is 10.4. The second-order valence-corrected chi connectivity index (χ2v) is 7.86. The number of likely N-dealkylation sites (tertiary alicyclic amines) is 1. The van der Waals surface area contributed by atoms with Crippen molar-refractivity contribution in [2.24, 2.45) is 0 Å². The van der Waals surface area contributed by atoms with E-state index in [0.29, 0.717) is 6.54 Å². The van der Waals surface area contributed by atoms with Crippen LogP contribution in [0.2, 0.25) is 0 Å². The molecule has 2 heterocycles. The quantitative estimate of drug-likeness (QED) is 0.630. The van der Waals surface area contributed by atoms with Gasteiger partial charge >= 0.3 is 0 Å². The zero-order valence-corrected chi connectivity index (χ0v) is 17.7. The SMILES string of the molecule is COc1ccc([C@H]2CCC[NH+]2CC(=O)N[C@@H](C)c2cc3ccccc3o2)c(OC)c1. The molecule has 6 heteroatoms. The molecular weight excluding hydrogens is 380 g/mol. The lowest BCUT2D eigenvalue weighted by atomic mass is 10.0. The Morgan fingerprint density at radius 1 is 1.20 bits per heavy atom. The molecule has 4 rings (SSSR count). The van der Waals surface area contributed by atoms with Crippen LogP contribution in [0, 0.1) is 0 Å². The number of furan rings is 1. The van der Waals surface area contributed by atoms with E-state index in [-0.39, 0.29) is 18.0 Å². The van der Waals surface area contributed by atoms with Gasteiger partial charge in [-0.15, -0.1) is 0 Å². The molecule has 1 aliphatic rings. The van der Waals surface area contributed by atoms with E-state index >= 15 is 0 Å². The van der Waals surface area contributed by atoms with Crippen LogP contribution in [0.15, 0.2) is 52.9 Å². The van der Waals surface area contributed by atoms with Crippen LogP contribution in [0.5, 0.6) is 11.5 Å². The average Bonchev–Trinajstić information content (AvgIpc) is 3.40. The minimum Gasteiger partial charge on any atom is -0.497 e. The van der Waals surface area contributed by atoms with Crippen LogP contribution in [0.25, 0.3) is 11.0 Å². The van der Waals surface area contributed by atoms with E-state index in [1.807, 2.05) is 49.4 Å². The third kappa shape index (κ3) is 4.14. The predicted molar refractivity (Wildman–Crippen MR) is 115 cm³/mol. The lowest BCUT2D eigenvalue weighted by Crippen LogP contribution is -3.11. The summed E-state index contributed by atoms with van der Waals surface area (Å²) in [6, 6.07) is 15.9. The highest BCUT2D eigenvalue weighted by molar-refractivity contribution is 5.79.